The minimum Gasteiger partial charge on any atom is -0.453 e. The summed E-state index contributed by atoms with van der Waals surface area (Å²) in [6.45, 7) is 5.27. The van der Waals surface area contributed by atoms with E-state index in [1.165, 1.54) is 42.4 Å². The number of hydrogen-bond donors (Lipinski definition) is 1. The van der Waals surface area contributed by atoms with Crippen molar-refractivity contribution in [2.75, 3.05) is 13.3 Å². The number of hydrogen-bond acceptors (Lipinski definition) is 3. The van der Waals surface area contributed by atoms with Crippen molar-refractivity contribution >= 4 is 0 Å². The Morgan fingerprint density at radius 3 is 2.50 bits per heavy atom. The monoisotopic (exact) mass is 247 g/mol. The Bertz CT molecular complexity index is 476. The maximum absolute atomic E-state index is 6.09. The maximum Gasteiger partial charge on any atom is 0.231 e. The summed E-state index contributed by atoms with van der Waals surface area (Å²) in [5.74, 6) is 1.88. The zero-order valence-corrected chi connectivity index (χ0v) is 11.2. The zero-order chi connectivity index (χ0) is 12.8. The molecule has 1 aliphatic carbocycles. The number of aryl methyl sites for hydroxylation is 1. The second kappa shape index (κ2) is 4.16. The van der Waals surface area contributed by atoms with Crippen LogP contribution in [0.25, 0.3) is 0 Å². The summed E-state index contributed by atoms with van der Waals surface area (Å²) in [5.41, 5.74) is 9.93. The van der Waals surface area contributed by atoms with Gasteiger partial charge in [0.25, 0.3) is 0 Å². The van der Waals surface area contributed by atoms with Gasteiger partial charge in [0.1, 0.15) is 0 Å². The van der Waals surface area contributed by atoms with Gasteiger partial charge in [-0.3, -0.25) is 0 Å². The first-order chi connectivity index (χ1) is 8.68. The number of ether oxygens (including phenoxy) is 2. The number of fused-ring (bicyclic) bond motifs is 1. The Morgan fingerprint density at radius 2 is 1.83 bits per heavy atom. The van der Waals surface area contributed by atoms with Crippen molar-refractivity contribution in [1.82, 2.24) is 0 Å². The third-order valence-corrected chi connectivity index (χ3v) is 4.67. The van der Waals surface area contributed by atoms with Crippen LogP contribution in [-0.2, 0) is 5.41 Å². The van der Waals surface area contributed by atoms with E-state index < -0.39 is 0 Å². The molecule has 0 saturated heterocycles. The van der Waals surface area contributed by atoms with Crippen molar-refractivity contribution in [3.8, 4) is 11.5 Å². The lowest BCUT2D eigenvalue weighted by molar-refractivity contribution is 0.171. The summed E-state index contributed by atoms with van der Waals surface area (Å²) in [5, 5.41) is 0. The Hall–Kier alpha value is -1.22. The lowest BCUT2D eigenvalue weighted by Crippen LogP contribution is -2.32. The molecule has 0 radical (unpaired) electrons. The van der Waals surface area contributed by atoms with E-state index in [1.54, 1.807) is 0 Å². The second-order valence-electron chi connectivity index (χ2n) is 5.62. The van der Waals surface area contributed by atoms with Crippen molar-refractivity contribution in [3.63, 3.8) is 0 Å². The first kappa shape index (κ1) is 11.8. The standard InChI is InChI=1S/C15H21NO2/c1-10-7-12(15(8-16)5-3-4-6-15)14-13(11(10)2)17-9-18-14/h7H,3-6,8-9,16H2,1-2H3. The van der Waals surface area contributed by atoms with Gasteiger partial charge in [-0.25, -0.2) is 0 Å². The molecule has 1 aromatic carbocycles. The molecule has 1 fully saturated rings. The third-order valence-electron chi connectivity index (χ3n) is 4.67. The Balaban J connectivity index is 2.18. The van der Waals surface area contributed by atoms with Crippen molar-refractivity contribution < 1.29 is 9.47 Å². The number of benzene rings is 1. The predicted octanol–water partition coefficient (Wildman–Crippen LogP) is 2.80. The number of rotatable bonds is 2. The summed E-state index contributed by atoms with van der Waals surface area (Å²) in [4.78, 5) is 0. The molecule has 1 aromatic rings. The first-order valence-corrected chi connectivity index (χ1v) is 6.78. The van der Waals surface area contributed by atoms with Crippen LogP contribution in [0.1, 0.15) is 42.4 Å². The molecule has 1 saturated carbocycles. The highest BCUT2D eigenvalue weighted by Gasteiger charge is 2.39. The molecule has 0 unspecified atom stereocenters. The van der Waals surface area contributed by atoms with Gasteiger partial charge in [-0.15, -0.1) is 0 Å². The van der Waals surface area contributed by atoms with Crippen LogP contribution in [0.3, 0.4) is 0 Å². The Kier molecular flexibility index (Phi) is 2.74. The molecule has 0 atom stereocenters. The Labute approximate surface area is 108 Å². The molecule has 98 valence electrons. The highest BCUT2D eigenvalue weighted by atomic mass is 16.7. The minimum atomic E-state index is 0.107. The van der Waals surface area contributed by atoms with Crippen molar-refractivity contribution in [1.29, 1.82) is 0 Å². The highest BCUT2D eigenvalue weighted by Crippen LogP contribution is 2.50. The van der Waals surface area contributed by atoms with Crippen LogP contribution in [-0.4, -0.2) is 13.3 Å². The van der Waals surface area contributed by atoms with Crippen molar-refractivity contribution in [3.05, 3.63) is 22.8 Å². The van der Waals surface area contributed by atoms with Crippen LogP contribution in [0.4, 0.5) is 0 Å². The van der Waals surface area contributed by atoms with Crippen LogP contribution in [0.2, 0.25) is 0 Å². The van der Waals surface area contributed by atoms with Crippen LogP contribution in [0.5, 0.6) is 11.5 Å². The average Bonchev–Trinajstić information content (AvgIpc) is 3.03. The summed E-state index contributed by atoms with van der Waals surface area (Å²) in [7, 11) is 0. The summed E-state index contributed by atoms with van der Waals surface area (Å²) >= 11 is 0. The number of nitrogens with two attached hydrogens (primary N) is 1. The van der Waals surface area contributed by atoms with Gasteiger partial charge in [0.15, 0.2) is 11.5 Å². The van der Waals surface area contributed by atoms with Gasteiger partial charge < -0.3 is 15.2 Å². The highest BCUT2D eigenvalue weighted by molar-refractivity contribution is 5.58. The fourth-order valence-corrected chi connectivity index (χ4v) is 3.36. The lowest BCUT2D eigenvalue weighted by Gasteiger charge is -2.29. The predicted molar refractivity (Wildman–Crippen MR) is 71.2 cm³/mol. The van der Waals surface area contributed by atoms with Crippen LogP contribution < -0.4 is 15.2 Å². The molecule has 18 heavy (non-hydrogen) atoms. The van der Waals surface area contributed by atoms with Gasteiger partial charge in [-0.05, 0) is 37.8 Å². The first-order valence-electron chi connectivity index (χ1n) is 6.78. The molecule has 3 heteroatoms. The zero-order valence-electron chi connectivity index (χ0n) is 11.2. The summed E-state index contributed by atoms with van der Waals surface area (Å²) in [6, 6.07) is 2.26. The molecule has 0 spiro atoms. The maximum atomic E-state index is 6.09. The van der Waals surface area contributed by atoms with Gasteiger partial charge in [-0.2, -0.15) is 0 Å². The van der Waals surface area contributed by atoms with E-state index >= 15 is 0 Å². The summed E-state index contributed by atoms with van der Waals surface area (Å²) in [6.07, 6.45) is 4.86. The normalized spacial score (nSPS) is 20.4. The van der Waals surface area contributed by atoms with Crippen LogP contribution in [0, 0.1) is 13.8 Å². The second-order valence-corrected chi connectivity index (χ2v) is 5.62. The van der Waals surface area contributed by atoms with Gasteiger partial charge in [0.2, 0.25) is 6.79 Å². The quantitative estimate of drug-likeness (QED) is 0.874. The molecular weight excluding hydrogens is 226 g/mol. The van der Waals surface area contributed by atoms with Gasteiger partial charge >= 0.3 is 0 Å². The molecule has 0 aromatic heterocycles. The molecule has 0 bridgehead atoms. The molecular formula is C15H21NO2. The molecule has 2 N–H and O–H groups in total. The van der Waals surface area contributed by atoms with E-state index in [2.05, 4.69) is 19.9 Å². The topological polar surface area (TPSA) is 44.5 Å². The third kappa shape index (κ3) is 1.53. The van der Waals surface area contributed by atoms with E-state index in [0.717, 1.165) is 11.5 Å². The van der Waals surface area contributed by atoms with Crippen molar-refractivity contribution in [2.24, 2.45) is 5.73 Å². The van der Waals surface area contributed by atoms with Gasteiger partial charge in [0.05, 0.1) is 0 Å². The molecule has 3 nitrogen and oxygen atoms in total. The lowest BCUT2D eigenvalue weighted by atomic mass is 9.77. The Morgan fingerprint density at radius 1 is 1.17 bits per heavy atom. The van der Waals surface area contributed by atoms with Gasteiger partial charge in [-0.1, -0.05) is 18.9 Å². The fraction of sp³-hybridized carbons (Fsp3) is 0.600. The van der Waals surface area contributed by atoms with Crippen LogP contribution in [0.15, 0.2) is 6.07 Å². The van der Waals surface area contributed by atoms with E-state index in [-0.39, 0.29) is 5.41 Å². The minimum absolute atomic E-state index is 0.107. The molecule has 1 heterocycles. The molecule has 1 aliphatic heterocycles. The average molecular weight is 247 g/mol. The largest absolute Gasteiger partial charge is 0.453 e. The SMILES string of the molecule is Cc1cc(C2(CN)CCCC2)c2c(c1C)OCO2. The van der Waals surface area contributed by atoms with Gasteiger partial charge in [0, 0.05) is 17.5 Å². The van der Waals surface area contributed by atoms with Crippen LogP contribution >= 0.6 is 0 Å². The molecule has 2 aliphatic rings. The fourth-order valence-electron chi connectivity index (χ4n) is 3.36. The smallest absolute Gasteiger partial charge is 0.231 e. The van der Waals surface area contributed by atoms with Crippen molar-refractivity contribution in [2.45, 2.75) is 44.9 Å². The summed E-state index contributed by atoms with van der Waals surface area (Å²) < 4.78 is 11.4. The van der Waals surface area contributed by atoms with E-state index in [0.29, 0.717) is 13.3 Å². The van der Waals surface area contributed by atoms with E-state index in [1.807, 2.05) is 0 Å². The van der Waals surface area contributed by atoms with E-state index in [4.69, 9.17) is 15.2 Å². The molecule has 3 rings (SSSR count). The van der Waals surface area contributed by atoms with E-state index in [9.17, 15) is 0 Å². The molecule has 0 amide bonds.